The number of carbonyl (C=O) groups is 3. The van der Waals surface area contributed by atoms with Crippen molar-refractivity contribution in [2.24, 2.45) is 0 Å². The molecule has 176 valence electrons. The predicted octanol–water partition coefficient (Wildman–Crippen LogP) is 4.15. The number of aromatic nitrogens is 1. The number of hydrogen-bond donors (Lipinski definition) is 3. The number of halogens is 1. The lowest BCUT2D eigenvalue weighted by Crippen LogP contribution is -2.42. The number of anilines is 1. The normalized spacial score (nSPS) is 11.4. The minimum atomic E-state index is -1.16. The second-order valence-corrected chi connectivity index (χ2v) is 8.51. The highest BCUT2D eigenvalue weighted by Crippen LogP contribution is 2.23. The van der Waals surface area contributed by atoms with Gasteiger partial charge in [-0.2, -0.15) is 0 Å². The molecule has 1 atom stereocenters. The third-order valence-electron chi connectivity index (χ3n) is 5.25. The predicted molar refractivity (Wildman–Crippen MR) is 131 cm³/mol. The number of ether oxygens (including phenoxy) is 1. The smallest absolute Gasteiger partial charge is 0.326 e. The van der Waals surface area contributed by atoms with Gasteiger partial charge in [-0.15, -0.1) is 0 Å². The summed E-state index contributed by atoms with van der Waals surface area (Å²) in [5, 5.41) is 15.0. The summed E-state index contributed by atoms with van der Waals surface area (Å²) in [4.78, 5) is 41.3. The van der Waals surface area contributed by atoms with Gasteiger partial charge in [0.15, 0.2) is 0 Å². The summed E-state index contributed by atoms with van der Waals surface area (Å²) in [6.07, 6.45) is 1.72. The van der Waals surface area contributed by atoms with Crippen LogP contribution in [0.5, 0.6) is 5.75 Å². The fourth-order valence-corrected chi connectivity index (χ4v) is 3.86. The van der Waals surface area contributed by atoms with E-state index in [1.165, 1.54) is 13.2 Å². The number of amides is 2. The van der Waals surface area contributed by atoms with Crippen LogP contribution in [0.25, 0.3) is 0 Å². The van der Waals surface area contributed by atoms with E-state index >= 15 is 0 Å². The fourth-order valence-electron chi connectivity index (χ4n) is 3.43. The Morgan fingerprint density at radius 3 is 2.38 bits per heavy atom. The van der Waals surface area contributed by atoms with Crippen molar-refractivity contribution in [3.63, 3.8) is 0 Å². The zero-order chi connectivity index (χ0) is 24.8. The number of nitrogens with zero attached hydrogens (tertiary/aromatic N) is 1. The molecule has 1 heterocycles. The fraction of sp³-hybridized carbons (Fsp3) is 0.200. The van der Waals surface area contributed by atoms with E-state index < -0.39 is 17.9 Å². The summed E-state index contributed by atoms with van der Waals surface area (Å²) in [6.45, 7) is 3.62. The number of aryl methyl sites for hydroxylation is 2. The van der Waals surface area contributed by atoms with Crippen molar-refractivity contribution in [1.29, 1.82) is 0 Å². The molecule has 0 saturated heterocycles. The number of carboxylic acid groups (broad SMARTS) is 1. The lowest BCUT2D eigenvalue weighted by atomic mass is 10.0. The molecule has 0 bridgehead atoms. The summed E-state index contributed by atoms with van der Waals surface area (Å²) >= 11 is 3.31. The lowest BCUT2D eigenvalue weighted by molar-refractivity contribution is -0.139. The molecule has 0 aliphatic rings. The number of aliphatic carboxylic acids is 1. The summed E-state index contributed by atoms with van der Waals surface area (Å²) in [7, 11) is 1.48. The molecule has 0 aliphatic heterocycles. The monoisotopic (exact) mass is 525 g/mol. The van der Waals surface area contributed by atoms with Crippen molar-refractivity contribution in [3.05, 3.63) is 87.1 Å². The van der Waals surface area contributed by atoms with Gasteiger partial charge in [0.25, 0.3) is 11.8 Å². The van der Waals surface area contributed by atoms with Crippen LogP contribution in [-0.4, -0.2) is 41.0 Å². The standard InChI is InChI=1S/C25H24BrN3O5/c1-14-10-11-27-15(2)22(14)24(31)28-17-6-4-16(5-7-17)12-21(25(32)33)29-23(30)19-13-18(34-3)8-9-20(19)26/h4-11,13,21H,12H2,1-3H3,(H,28,31)(H,29,30)(H,32,33). The van der Waals surface area contributed by atoms with Gasteiger partial charge in [-0.3, -0.25) is 14.6 Å². The highest BCUT2D eigenvalue weighted by atomic mass is 79.9. The van der Waals surface area contributed by atoms with Gasteiger partial charge >= 0.3 is 5.97 Å². The first-order chi connectivity index (χ1) is 16.2. The van der Waals surface area contributed by atoms with E-state index in [1.54, 1.807) is 55.6 Å². The molecule has 0 fully saturated rings. The first-order valence-corrected chi connectivity index (χ1v) is 11.2. The van der Waals surface area contributed by atoms with Crippen LogP contribution in [0.2, 0.25) is 0 Å². The highest BCUT2D eigenvalue weighted by molar-refractivity contribution is 9.10. The van der Waals surface area contributed by atoms with Crippen molar-refractivity contribution in [2.75, 3.05) is 12.4 Å². The van der Waals surface area contributed by atoms with Crippen molar-refractivity contribution in [3.8, 4) is 5.75 Å². The molecule has 3 rings (SSSR count). The van der Waals surface area contributed by atoms with Gasteiger partial charge in [-0.25, -0.2) is 4.79 Å². The molecule has 34 heavy (non-hydrogen) atoms. The number of carboxylic acids is 1. The molecular weight excluding hydrogens is 502 g/mol. The van der Waals surface area contributed by atoms with Crippen molar-refractivity contribution < 1.29 is 24.2 Å². The molecule has 3 N–H and O–H groups in total. The Kier molecular flexibility index (Phi) is 8.01. The molecule has 0 radical (unpaired) electrons. The molecule has 2 aromatic carbocycles. The van der Waals surface area contributed by atoms with Gasteiger partial charge < -0.3 is 20.5 Å². The van der Waals surface area contributed by atoms with E-state index in [4.69, 9.17) is 4.74 Å². The Bertz CT molecular complexity index is 1210. The Hall–Kier alpha value is -3.72. The van der Waals surface area contributed by atoms with E-state index in [0.717, 1.165) is 5.56 Å². The second kappa shape index (κ2) is 10.9. The minimum absolute atomic E-state index is 0.0672. The number of nitrogens with one attached hydrogen (secondary N) is 2. The first kappa shape index (κ1) is 24.9. The quantitative estimate of drug-likeness (QED) is 0.406. The topological polar surface area (TPSA) is 118 Å². The number of rotatable bonds is 8. The molecular formula is C25H24BrN3O5. The second-order valence-electron chi connectivity index (χ2n) is 7.65. The van der Waals surface area contributed by atoms with Crippen molar-refractivity contribution in [1.82, 2.24) is 10.3 Å². The van der Waals surface area contributed by atoms with Gasteiger partial charge in [0.2, 0.25) is 0 Å². The zero-order valence-corrected chi connectivity index (χ0v) is 20.5. The zero-order valence-electron chi connectivity index (χ0n) is 18.9. The number of pyridine rings is 1. The molecule has 3 aromatic rings. The van der Waals surface area contributed by atoms with Gasteiger partial charge in [0.1, 0.15) is 11.8 Å². The Morgan fingerprint density at radius 1 is 1.06 bits per heavy atom. The maximum atomic E-state index is 12.7. The van der Waals surface area contributed by atoms with Crippen LogP contribution >= 0.6 is 15.9 Å². The van der Waals surface area contributed by atoms with E-state index in [-0.39, 0.29) is 17.9 Å². The van der Waals surface area contributed by atoms with Crippen LogP contribution in [-0.2, 0) is 11.2 Å². The molecule has 8 nitrogen and oxygen atoms in total. The van der Waals surface area contributed by atoms with Crippen LogP contribution in [0.1, 0.15) is 37.5 Å². The Labute approximate surface area is 205 Å². The third-order valence-corrected chi connectivity index (χ3v) is 5.94. The molecule has 0 saturated carbocycles. The summed E-state index contributed by atoms with van der Waals surface area (Å²) in [5.74, 6) is -1.48. The Balaban J connectivity index is 1.69. The van der Waals surface area contributed by atoms with E-state index in [2.05, 4.69) is 31.5 Å². The SMILES string of the molecule is COc1ccc(Br)c(C(=O)NC(Cc2ccc(NC(=O)c3c(C)ccnc3C)cc2)C(=O)O)c1. The van der Waals surface area contributed by atoms with Crippen LogP contribution in [0, 0.1) is 13.8 Å². The van der Waals surface area contributed by atoms with Crippen molar-refractivity contribution >= 4 is 39.4 Å². The number of carbonyl (C=O) groups excluding carboxylic acids is 2. The van der Waals surface area contributed by atoms with E-state index in [9.17, 15) is 19.5 Å². The van der Waals surface area contributed by atoms with Crippen LogP contribution in [0.3, 0.4) is 0 Å². The number of hydrogen-bond acceptors (Lipinski definition) is 5. The van der Waals surface area contributed by atoms with Crippen LogP contribution in [0.4, 0.5) is 5.69 Å². The molecule has 0 aliphatic carbocycles. The van der Waals surface area contributed by atoms with E-state index in [1.807, 2.05) is 6.92 Å². The number of methoxy groups -OCH3 is 1. The summed E-state index contributed by atoms with van der Waals surface area (Å²) < 4.78 is 5.66. The van der Waals surface area contributed by atoms with E-state index in [0.29, 0.717) is 32.7 Å². The minimum Gasteiger partial charge on any atom is -0.497 e. The maximum absolute atomic E-state index is 12.7. The molecule has 2 amide bonds. The van der Waals surface area contributed by atoms with Crippen LogP contribution < -0.4 is 15.4 Å². The van der Waals surface area contributed by atoms with Gasteiger partial charge in [-0.05, 0) is 77.3 Å². The molecule has 9 heteroatoms. The maximum Gasteiger partial charge on any atom is 0.326 e. The van der Waals surface area contributed by atoms with Gasteiger partial charge in [0.05, 0.1) is 23.9 Å². The highest BCUT2D eigenvalue weighted by Gasteiger charge is 2.23. The number of benzene rings is 2. The van der Waals surface area contributed by atoms with Crippen LogP contribution in [0.15, 0.2) is 59.2 Å². The van der Waals surface area contributed by atoms with Gasteiger partial charge in [0, 0.05) is 22.8 Å². The first-order valence-electron chi connectivity index (χ1n) is 10.4. The van der Waals surface area contributed by atoms with Crippen molar-refractivity contribution in [2.45, 2.75) is 26.3 Å². The summed E-state index contributed by atoms with van der Waals surface area (Å²) in [5.41, 5.74) is 3.49. The largest absolute Gasteiger partial charge is 0.497 e. The molecule has 0 spiro atoms. The average Bonchev–Trinajstić information content (AvgIpc) is 2.80. The molecule has 1 aromatic heterocycles. The van der Waals surface area contributed by atoms with Gasteiger partial charge in [-0.1, -0.05) is 12.1 Å². The third kappa shape index (κ3) is 5.99. The molecule has 1 unspecified atom stereocenters. The lowest BCUT2D eigenvalue weighted by Gasteiger charge is -2.16. The Morgan fingerprint density at radius 2 is 1.76 bits per heavy atom. The average molecular weight is 526 g/mol. The summed E-state index contributed by atoms with van der Waals surface area (Å²) in [6, 6.07) is 12.3.